The molecule has 5 rings (SSSR count). The quantitative estimate of drug-likeness (QED) is 0.312. The van der Waals surface area contributed by atoms with Gasteiger partial charge in [-0.05, 0) is 31.7 Å². The number of ether oxygens (including phenoxy) is 2. The molecular formula is C27H34F2N8O4. The summed E-state index contributed by atoms with van der Waals surface area (Å²) in [5.41, 5.74) is 7.68. The zero-order valence-corrected chi connectivity index (χ0v) is 23.0. The lowest BCUT2D eigenvalue weighted by Crippen LogP contribution is -2.37. The molecule has 2 fully saturated rings. The highest BCUT2D eigenvalue weighted by atomic mass is 19.3. The number of alkyl halides is 2. The fourth-order valence-electron chi connectivity index (χ4n) is 4.53. The molecule has 0 aromatic carbocycles. The Morgan fingerprint density at radius 2 is 1.98 bits per heavy atom. The number of aromatic nitrogens is 5. The number of anilines is 2. The smallest absolute Gasteiger partial charge is 0.319 e. The molecule has 0 unspecified atom stereocenters. The van der Waals surface area contributed by atoms with Crippen LogP contribution in [0.5, 0.6) is 11.8 Å². The number of nitrogens with one attached hydrogen (secondary N) is 1. The summed E-state index contributed by atoms with van der Waals surface area (Å²) in [6.07, 6.45) is 6.59. The molecule has 1 saturated carbocycles. The number of piperidine rings is 1. The Morgan fingerprint density at radius 3 is 2.63 bits per heavy atom. The highest BCUT2D eigenvalue weighted by molar-refractivity contribution is 5.93. The number of nitrogens with two attached hydrogens (primary N) is 1. The number of halogens is 2. The van der Waals surface area contributed by atoms with E-state index in [4.69, 9.17) is 15.2 Å². The molecule has 1 aliphatic heterocycles. The largest absolute Gasteiger partial charge is 0.489 e. The van der Waals surface area contributed by atoms with Gasteiger partial charge in [-0.1, -0.05) is 0 Å². The minimum absolute atomic E-state index is 0.0362. The zero-order chi connectivity index (χ0) is 29.1. The number of pyridine rings is 1. The number of imidazole rings is 1. The number of hydrogen-bond acceptors (Lipinski definition) is 10. The van der Waals surface area contributed by atoms with E-state index in [9.17, 15) is 18.7 Å². The lowest BCUT2D eigenvalue weighted by Gasteiger charge is -2.33. The predicted molar refractivity (Wildman–Crippen MR) is 146 cm³/mol. The molecule has 4 N–H and O–H groups in total. The van der Waals surface area contributed by atoms with E-state index in [1.165, 1.54) is 0 Å². The number of amides is 1. The van der Waals surface area contributed by atoms with Gasteiger partial charge in [0, 0.05) is 56.6 Å². The minimum atomic E-state index is -2.74. The molecule has 2 atom stereocenters. The molecule has 1 saturated heterocycles. The van der Waals surface area contributed by atoms with Gasteiger partial charge in [-0.25, -0.2) is 18.7 Å². The van der Waals surface area contributed by atoms with Crippen LogP contribution in [0.1, 0.15) is 36.7 Å². The standard InChI is InChI=1S/C27H34F2N8O4/c1-16(12-38)33-25(39)20-8-23(35-26(34-20)41-14-19-9-27(19,28)29)37-5-3-17(4-6-37)13-40-22-7-18(10-31-24(22)30)21-11-36(2)15-32-21/h7-8,10-11,15-17,19,38H,3-6,9,12-14H2,1-2H3,(H2,30,31)(H,33,39)/t16-,19-/m1/s1. The lowest BCUT2D eigenvalue weighted by atomic mass is 9.98. The van der Waals surface area contributed by atoms with E-state index in [-0.39, 0.29) is 37.3 Å². The third-order valence-corrected chi connectivity index (χ3v) is 7.24. The number of carbonyl (C=O) groups excluding carboxylic acids is 1. The molecule has 1 aliphatic carbocycles. The molecular weight excluding hydrogens is 538 g/mol. The number of aryl methyl sites for hydroxylation is 1. The van der Waals surface area contributed by atoms with Gasteiger partial charge in [-0.2, -0.15) is 9.97 Å². The van der Waals surface area contributed by atoms with Crippen LogP contribution in [-0.2, 0) is 7.05 Å². The van der Waals surface area contributed by atoms with Gasteiger partial charge in [0.25, 0.3) is 11.8 Å². The highest BCUT2D eigenvalue weighted by Gasteiger charge is 2.57. The second-order valence-corrected chi connectivity index (χ2v) is 10.7. The number of aliphatic hydroxyl groups excluding tert-OH is 1. The van der Waals surface area contributed by atoms with Crippen molar-refractivity contribution in [3.63, 3.8) is 0 Å². The van der Waals surface area contributed by atoms with Gasteiger partial charge in [0.2, 0.25) is 0 Å². The van der Waals surface area contributed by atoms with Crippen LogP contribution in [0, 0.1) is 11.8 Å². The Hall–Kier alpha value is -4.07. The molecule has 2 aliphatic rings. The van der Waals surface area contributed by atoms with E-state index in [1.54, 1.807) is 25.5 Å². The number of aliphatic hydroxyl groups is 1. The summed E-state index contributed by atoms with van der Waals surface area (Å²) < 4.78 is 40.1. The maximum absolute atomic E-state index is 13.3. The van der Waals surface area contributed by atoms with E-state index < -0.39 is 23.8 Å². The molecule has 0 bridgehead atoms. The van der Waals surface area contributed by atoms with Crippen molar-refractivity contribution in [2.45, 2.75) is 38.2 Å². The number of carbonyl (C=O) groups is 1. The fraction of sp³-hybridized carbons (Fsp3) is 0.519. The van der Waals surface area contributed by atoms with Crippen LogP contribution in [0.3, 0.4) is 0 Å². The summed E-state index contributed by atoms with van der Waals surface area (Å²) in [7, 11) is 1.89. The molecule has 41 heavy (non-hydrogen) atoms. The number of nitrogens with zero attached hydrogens (tertiary/aromatic N) is 6. The van der Waals surface area contributed by atoms with E-state index in [2.05, 4.69) is 25.3 Å². The predicted octanol–water partition coefficient (Wildman–Crippen LogP) is 2.29. The van der Waals surface area contributed by atoms with Crippen LogP contribution in [-0.4, -0.2) is 80.4 Å². The second kappa shape index (κ2) is 11.8. The topological polar surface area (TPSA) is 154 Å². The van der Waals surface area contributed by atoms with Crippen LogP contribution >= 0.6 is 0 Å². The van der Waals surface area contributed by atoms with Gasteiger partial charge in [0.1, 0.15) is 18.1 Å². The van der Waals surface area contributed by atoms with Crippen molar-refractivity contribution in [2.75, 3.05) is 43.5 Å². The maximum Gasteiger partial charge on any atom is 0.319 e. The molecule has 12 nitrogen and oxygen atoms in total. The van der Waals surface area contributed by atoms with Crippen LogP contribution in [0.4, 0.5) is 20.4 Å². The molecule has 14 heteroatoms. The molecule has 220 valence electrons. The Kier molecular flexibility index (Phi) is 8.20. The van der Waals surface area contributed by atoms with Gasteiger partial charge in [-0.3, -0.25) is 4.79 Å². The Bertz CT molecular complexity index is 1380. The van der Waals surface area contributed by atoms with Gasteiger partial charge < -0.3 is 35.1 Å². The van der Waals surface area contributed by atoms with Gasteiger partial charge in [0.15, 0.2) is 11.6 Å². The van der Waals surface area contributed by atoms with Crippen LogP contribution in [0.15, 0.2) is 30.9 Å². The first-order valence-corrected chi connectivity index (χ1v) is 13.5. The fourth-order valence-corrected chi connectivity index (χ4v) is 4.53. The molecule has 4 heterocycles. The first kappa shape index (κ1) is 28.5. The van der Waals surface area contributed by atoms with E-state index in [0.29, 0.717) is 37.1 Å². The molecule has 3 aromatic heterocycles. The van der Waals surface area contributed by atoms with Crippen LogP contribution in [0.25, 0.3) is 11.3 Å². The summed E-state index contributed by atoms with van der Waals surface area (Å²) in [5, 5.41) is 11.9. The van der Waals surface area contributed by atoms with Crippen molar-refractivity contribution in [3.8, 4) is 23.0 Å². The van der Waals surface area contributed by atoms with Crippen molar-refractivity contribution in [2.24, 2.45) is 18.9 Å². The average molecular weight is 573 g/mol. The first-order chi connectivity index (χ1) is 19.6. The lowest BCUT2D eigenvalue weighted by molar-refractivity contribution is 0.0835. The normalized spacial score (nSPS) is 19.0. The van der Waals surface area contributed by atoms with Crippen molar-refractivity contribution in [1.82, 2.24) is 29.8 Å². The summed E-state index contributed by atoms with van der Waals surface area (Å²) in [6.45, 7) is 2.88. The van der Waals surface area contributed by atoms with Gasteiger partial charge in [-0.15, -0.1) is 0 Å². The van der Waals surface area contributed by atoms with Crippen LogP contribution in [0.2, 0.25) is 0 Å². The molecule has 0 spiro atoms. The van der Waals surface area contributed by atoms with E-state index >= 15 is 0 Å². The first-order valence-electron chi connectivity index (χ1n) is 13.5. The number of nitrogen functional groups attached to an aromatic ring is 1. The average Bonchev–Trinajstić information content (AvgIpc) is 3.35. The molecule has 1 amide bonds. The summed E-state index contributed by atoms with van der Waals surface area (Å²) in [5.74, 6) is -2.62. The highest BCUT2D eigenvalue weighted by Crippen LogP contribution is 2.48. The Morgan fingerprint density at radius 1 is 1.22 bits per heavy atom. The monoisotopic (exact) mass is 572 g/mol. The minimum Gasteiger partial charge on any atom is -0.489 e. The second-order valence-electron chi connectivity index (χ2n) is 10.7. The van der Waals surface area contributed by atoms with Crippen molar-refractivity contribution < 1.29 is 28.2 Å². The number of hydrogen-bond donors (Lipinski definition) is 3. The van der Waals surface area contributed by atoms with Crippen LogP contribution < -0.4 is 25.4 Å². The van der Waals surface area contributed by atoms with Gasteiger partial charge in [0.05, 0.1) is 31.2 Å². The third-order valence-electron chi connectivity index (χ3n) is 7.24. The summed E-state index contributed by atoms with van der Waals surface area (Å²) in [4.78, 5) is 31.9. The van der Waals surface area contributed by atoms with Crippen molar-refractivity contribution in [3.05, 3.63) is 36.5 Å². The summed E-state index contributed by atoms with van der Waals surface area (Å²) in [6, 6.07) is 2.77. The van der Waals surface area contributed by atoms with Crippen molar-refractivity contribution >= 4 is 17.5 Å². The Labute approximate surface area is 235 Å². The van der Waals surface area contributed by atoms with Crippen molar-refractivity contribution in [1.29, 1.82) is 0 Å². The maximum atomic E-state index is 13.3. The van der Waals surface area contributed by atoms with E-state index in [0.717, 1.165) is 24.1 Å². The van der Waals surface area contributed by atoms with Gasteiger partial charge >= 0.3 is 6.01 Å². The summed E-state index contributed by atoms with van der Waals surface area (Å²) >= 11 is 0. The SMILES string of the molecule is C[C@H](CO)NC(=O)c1cc(N2CCC(COc3cc(-c4cn(C)cn4)cnc3N)CC2)nc(OC[C@H]2CC2(F)F)n1. The molecule has 0 radical (unpaired) electrons. The third kappa shape index (κ3) is 6.99. The number of rotatable bonds is 11. The Balaban J connectivity index is 1.22. The zero-order valence-electron chi connectivity index (χ0n) is 23.0. The van der Waals surface area contributed by atoms with E-state index in [1.807, 2.05) is 28.8 Å². The molecule has 3 aromatic rings.